The van der Waals surface area contributed by atoms with Gasteiger partial charge in [-0.15, -0.1) is 0 Å². The Morgan fingerprint density at radius 3 is 2.70 bits per heavy atom. The monoisotopic (exact) mass is 387 g/mol. The molecule has 0 aliphatic rings. The average molecular weight is 387 g/mol. The van der Waals surface area contributed by atoms with Crippen LogP contribution in [0.5, 0.6) is 0 Å². The number of fused-ring (bicyclic) bond motifs is 1. The van der Waals surface area contributed by atoms with E-state index in [0.717, 1.165) is 11.8 Å². The molecule has 0 radical (unpaired) electrons. The number of aryl methyl sites for hydroxylation is 2. The number of rotatable bonds is 5. The highest BCUT2D eigenvalue weighted by Crippen LogP contribution is 2.13. The summed E-state index contributed by atoms with van der Waals surface area (Å²) in [6, 6.07) is 10.9. The van der Waals surface area contributed by atoms with Gasteiger partial charge in [-0.05, 0) is 42.3 Å². The van der Waals surface area contributed by atoms with Gasteiger partial charge in [-0.2, -0.15) is 0 Å². The quantitative estimate of drug-likeness (QED) is 0.501. The average Bonchev–Trinajstić information content (AvgIpc) is 2.66. The molecular formula is C18H17N3O5S. The fraction of sp³-hybridized carbons (Fsp3) is 0.167. The van der Waals surface area contributed by atoms with E-state index >= 15 is 0 Å². The SMILES string of the molecule is CS(=O)(=O)c1cccc(CCn2cnc3ccc(C(=O)NO)cc3c2=O)c1. The fourth-order valence-electron chi connectivity index (χ4n) is 2.71. The van der Waals surface area contributed by atoms with Crippen LogP contribution in [0.1, 0.15) is 15.9 Å². The van der Waals surface area contributed by atoms with Crippen molar-refractivity contribution in [1.29, 1.82) is 0 Å². The number of carbonyl (C=O) groups excluding carboxylic acids is 1. The van der Waals surface area contributed by atoms with E-state index in [1.807, 2.05) is 0 Å². The van der Waals surface area contributed by atoms with E-state index in [4.69, 9.17) is 5.21 Å². The van der Waals surface area contributed by atoms with Crippen molar-refractivity contribution in [3.05, 3.63) is 70.3 Å². The van der Waals surface area contributed by atoms with Crippen molar-refractivity contribution >= 4 is 26.6 Å². The molecule has 3 aromatic rings. The second-order valence-corrected chi connectivity index (χ2v) is 8.10. The number of nitrogens with one attached hydrogen (secondary N) is 1. The van der Waals surface area contributed by atoms with Crippen LogP contribution in [0.15, 0.2) is 58.5 Å². The van der Waals surface area contributed by atoms with Crippen molar-refractivity contribution < 1.29 is 18.4 Å². The zero-order valence-corrected chi connectivity index (χ0v) is 15.2. The number of aromatic nitrogens is 2. The third kappa shape index (κ3) is 4.04. The van der Waals surface area contributed by atoms with Gasteiger partial charge in [-0.25, -0.2) is 18.9 Å². The lowest BCUT2D eigenvalue weighted by Gasteiger charge is -2.08. The summed E-state index contributed by atoms with van der Waals surface area (Å²) in [5.74, 6) is -0.718. The Kier molecular flexibility index (Phi) is 5.06. The normalized spacial score (nSPS) is 11.5. The molecule has 0 atom stereocenters. The molecule has 1 amide bonds. The highest BCUT2D eigenvalue weighted by atomic mass is 32.2. The molecule has 1 heterocycles. The third-order valence-corrected chi connectivity index (χ3v) is 5.27. The minimum absolute atomic E-state index is 0.141. The number of nitrogens with zero attached hydrogens (tertiary/aromatic N) is 2. The molecule has 27 heavy (non-hydrogen) atoms. The second kappa shape index (κ2) is 7.29. The van der Waals surface area contributed by atoms with Gasteiger partial charge in [0.25, 0.3) is 11.5 Å². The molecule has 3 rings (SSSR count). The summed E-state index contributed by atoms with van der Waals surface area (Å²) in [5.41, 5.74) is 2.55. The summed E-state index contributed by atoms with van der Waals surface area (Å²) < 4.78 is 24.7. The van der Waals surface area contributed by atoms with Crippen LogP contribution in [-0.4, -0.2) is 35.3 Å². The Morgan fingerprint density at radius 1 is 1.22 bits per heavy atom. The van der Waals surface area contributed by atoms with Crippen LogP contribution in [0.3, 0.4) is 0 Å². The first-order valence-electron chi connectivity index (χ1n) is 8.02. The Hall–Kier alpha value is -3.04. The lowest BCUT2D eigenvalue weighted by molar-refractivity contribution is 0.0706. The second-order valence-electron chi connectivity index (χ2n) is 6.09. The Labute approximate surface area is 155 Å². The van der Waals surface area contributed by atoms with Crippen LogP contribution in [0, 0.1) is 0 Å². The van der Waals surface area contributed by atoms with Crippen molar-refractivity contribution in [3.63, 3.8) is 0 Å². The number of amides is 1. The number of carbonyl (C=O) groups is 1. The van der Waals surface area contributed by atoms with Gasteiger partial charge in [-0.1, -0.05) is 12.1 Å². The summed E-state index contributed by atoms with van der Waals surface area (Å²) in [4.78, 5) is 28.6. The van der Waals surface area contributed by atoms with Gasteiger partial charge in [0, 0.05) is 18.4 Å². The molecule has 0 saturated carbocycles. The summed E-state index contributed by atoms with van der Waals surface area (Å²) in [5, 5.41) is 8.99. The van der Waals surface area contributed by atoms with Gasteiger partial charge in [0.15, 0.2) is 9.84 Å². The Bertz CT molecular complexity index is 1190. The van der Waals surface area contributed by atoms with Crippen LogP contribution >= 0.6 is 0 Å². The molecule has 0 spiro atoms. The first-order chi connectivity index (χ1) is 12.8. The van der Waals surface area contributed by atoms with Gasteiger partial charge < -0.3 is 0 Å². The van der Waals surface area contributed by atoms with E-state index < -0.39 is 15.7 Å². The predicted molar refractivity (Wildman–Crippen MR) is 98.5 cm³/mol. The van der Waals surface area contributed by atoms with Crippen molar-refractivity contribution in [2.24, 2.45) is 0 Å². The van der Waals surface area contributed by atoms with Gasteiger partial charge >= 0.3 is 0 Å². The zero-order valence-electron chi connectivity index (χ0n) is 14.4. The van der Waals surface area contributed by atoms with Gasteiger partial charge in [0.1, 0.15) is 0 Å². The number of hydroxylamine groups is 1. The highest BCUT2D eigenvalue weighted by molar-refractivity contribution is 7.90. The zero-order chi connectivity index (χ0) is 19.6. The maximum atomic E-state index is 12.7. The van der Waals surface area contributed by atoms with E-state index in [1.54, 1.807) is 18.2 Å². The van der Waals surface area contributed by atoms with Gasteiger partial charge in [0.2, 0.25) is 0 Å². The molecule has 2 aromatic carbocycles. The minimum Gasteiger partial charge on any atom is -0.298 e. The van der Waals surface area contributed by atoms with E-state index in [1.165, 1.54) is 40.6 Å². The van der Waals surface area contributed by atoms with E-state index in [-0.39, 0.29) is 21.4 Å². The number of sulfone groups is 1. The molecule has 9 heteroatoms. The van der Waals surface area contributed by atoms with Crippen molar-refractivity contribution in [2.45, 2.75) is 17.9 Å². The number of benzene rings is 2. The van der Waals surface area contributed by atoms with Crippen LogP contribution in [0.2, 0.25) is 0 Å². The molecule has 0 bridgehead atoms. The molecule has 0 aliphatic heterocycles. The molecule has 0 saturated heterocycles. The topological polar surface area (TPSA) is 118 Å². The van der Waals surface area contributed by atoms with Crippen molar-refractivity contribution in [1.82, 2.24) is 15.0 Å². The molecule has 0 unspecified atom stereocenters. The van der Waals surface area contributed by atoms with E-state index in [0.29, 0.717) is 18.5 Å². The lowest BCUT2D eigenvalue weighted by Crippen LogP contribution is -2.23. The van der Waals surface area contributed by atoms with E-state index in [9.17, 15) is 18.0 Å². The predicted octanol–water partition coefficient (Wildman–Crippen LogP) is 1.16. The molecule has 1 aromatic heterocycles. The van der Waals surface area contributed by atoms with Crippen molar-refractivity contribution in [3.8, 4) is 0 Å². The molecular weight excluding hydrogens is 370 g/mol. The largest absolute Gasteiger partial charge is 0.298 e. The molecule has 2 N–H and O–H groups in total. The molecule has 0 fully saturated rings. The fourth-order valence-corrected chi connectivity index (χ4v) is 3.40. The standard InChI is InChI=1S/C18H17N3O5S/c1-27(25,26)14-4-2-3-12(9-14)7-8-21-11-19-16-6-5-13(17(22)20-24)10-15(16)18(21)23/h2-6,9-11,24H,7-8H2,1H3,(H,20,22). The smallest absolute Gasteiger partial charge is 0.274 e. The molecule has 140 valence electrons. The van der Waals surface area contributed by atoms with Crippen LogP contribution in [0.25, 0.3) is 10.9 Å². The number of hydrogen-bond acceptors (Lipinski definition) is 6. The highest BCUT2D eigenvalue weighted by Gasteiger charge is 2.11. The first-order valence-corrected chi connectivity index (χ1v) is 9.91. The molecule has 0 aliphatic carbocycles. The Balaban J connectivity index is 1.90. The molecule has 8 nitrogen and oxygen atoms in total. The third-order valence-electron chi connectivity index (χ3n) is 4.16. The maximum absolute atomic E-state index is 12.7. The van der Waals surface area contributed by atoms with E-state index in [2.05, 4.69) is 4.98 Å². The minimum atomic E-state index is -3.30. The lowest BCUT2D eigenvalue weighted by atomic mass is 10.1. The van der Waals surface area contributed by atoms with Crippen LogP contribution < -0.4 is 11.0 Å². The summed E-state index contributed by atoms with van der Waals surface area (Å²) >= 11 is 0. The van der Waals surface area contributed by atoms with Crippen molar-refractivity contribution in [2.75, 3.05) is 6.26 Å². The van der Waals surface area contributed by atoms with Crippen LogP contribution in [0.4, 0.5) is 0 Å². The maximum Gasteiger partial charge on any atom is 0.274 e. The number of hydrogen-bond donors (Lipinski definition) is 2. The summed E-state index contributed by atoms with van der Waals surface area (Å²) in [6.45, 7) is 0.297. The van der Waals surface area contributed by atoms with Gasteiger partial charge in [-0.3, -0.25) is 19.4 Å². The first kappa shape index (κ1) is 18.7. The summed E-state index contributed by atoms with van der Waals surface area (Å²) in [7, 11) is -3.30. The Morgan fingerprint density at radius 2 is 2.00 bits per heavy atom. The van der Waals surface area contributed by atoms with Crippen LogP contribution in [-0.2, 0) is 22.8 Å². The summed E-state index contributed by atoms with van der Waals surface area (Å²) in [6.07, 6.45) is 2.99. The van der Waals surface area contributed by atoms with Gasteiger partial charge in [0.05, 0.1) is 22.1 Å².